The van der Waals surface area contributed by atoms with Crippen LogP contribution >= 0.6 is 0 Å². The molecule has 1 saturated heterocycles. The molecule has 0 saturated carbocycles. The maximum atomic E-state index is 13.6. The van der Waals surface area contributed by atoms with Gasteiger partial charge in [0, 0.05) is 6.54 Å². The number of nitrogens with zero attached hydrogens (tertiary/aromatic N) is 2. The van der Waals surface area contributed by atoms with Crippen molar-refractivity contribution >= 4 is 29.9 Å². The quantitative estimate of drug-likeness (QED) is 0.316. The third kappa shape index (κ3) is 8.80. The number of nitrogens with one attached hydrogen (secondary N) is 1. The third-order valence-corrected chi connectivity index (χ3v) is 6.23. The molecule has 39 heavy (non-hydrogen) atoms. The number of esters is 1. The van der Waals surface area contributed by atoms with Gasteiger partial charge in [-0.25, -0.2) is 4.79 Å². The van der Waals surface area contributed by atoms with Gasteiger partial charge in [0.15, 0.2) is 0 Å². The number of allylic oxidation sites excluding steroid dienone is 1. The van der Waals surface area contributed by atoms with Crippen molar-refractivity contribution < 1.29 is 23.9 Å². The van der Waals surface area contributed by atoms with Gasteiger partial charge in [-0.2, -0.15) is 5.01 Å². The Morgan fingerprint density at radius 2 is 1.59 bits per heavy atom. The summed E-state index contributed by atoms with van der Waals surface area (Å²) in [6.07, 6.45) is 4.39. The molecule has 0 unspecified atom stereocenters. The van der Waals surface area contributed by atoms with Crippen LogP contribution in [0.2, 0.25) is 0 Å². The summed E-state index contributed by atoms with van der Waals surface area (Å²) in [5, 5.41) is 0.768. The van der Waals surface area contributed by atoms with Crippen molar-refractivity contribution in [2.24, 2.45) is 17.8 Å². The minimum absolute atomic E-state index is 0.0725. The minimum Gasteiger partial charge on any atom is -0.460 e. The molecule has 1 fully saturated rings. The number of amides is 4. The van der Waals surface area contributed by atoms with E-state index in [2.05, 4.69) is 5.43 Å². The van der Waals surface area contributed by atoms with Gasteiger partial charge >= 0.3 is 12.0 Å². The van der Waals surface area contributed by atoms with Crippen molar-refractivity contribution in [3.8, 4) is 0 Å². The Morgan fingerprint density at radius 1 is 0.974 bits per heavy atom. The van der Waals surface area contributed by atoms with E-state index in [1.807, 2.05) is 86.7 Å². The Morgan fingerprint density at radius 3 is 2.18 bits per heavy atom. The van der Waals surface area contributed by atoms with E-state index in [4.69, 9.17) is 4.74 Å². The number of rotatable bonds is 11. The number of hydrogen-bond acceptors (Lipinski definition) is 5. The van der Waals surface area contributed by atoms with E-state index in [1.54, 1.807) is 20.8 Å². The summed E-state index contributed by atoms with van der Waals surface area (Å²) in [5.74, 6) is -3.13. The van der Waals surface area contributed by atoms with Crippen LogP contribution in [-0.2, 0) is 25.7 Å². The molecule has 2 atom stereocenters. The molecule has 4 amide bonds. The van der Waals surface area contributed by atoms with Crippen molar-refractivity contribution in [2.45, 2.75) is 59.6 Å². The Hall–Kier alpha value is -3.94. The zero-order chi connectivity index (χ0) is 28.6. The number of carbonyl (C=O) groups is 4. The molecule has 208 valence electrons. The smallest absolute Gasteiger partial charge is 0.346 e. The fourth-order valence-corrected chi connectivity index (χ4v) is 4.46. The van der Waals surface area contributed by atoms with Crippen molar-refractivity contribution in [3.05, 3.63) is 77.9 Å². The van der Waals surface area contributed by atoms with Gasteiger partial charge in [-0.15, -0.1) is 0 Å². The summed E-state index contributed by atoms with van der Waals surface area (Å²) in [6, 6.07) is 18.4. The van der Waals surface area contributed by atoms with Crippen molar-refractivity contribution in [1.82, 2.24) is 15.3 Å². The van der Waals surface area contributed by atoms with Crippen LogP contribution in [0.15, 0.2) is 66.7 Å². The number of benzene rings is 2. The molecular weight excluding hydrogens is 494 g/mol. The monoisotopic (exact) mass is 533 g/mol. The Kier molecular flexibility index (Phi) is 10.0. The second kappa shape index (κ2) is 13.2. The molecular formula is C31H39N3O5. The SMILES string of the molecule is CC(C)C[C@@H](C(=O)NN1C(=O)CN(Cc2ccccc2)C1=O)[C@H](CC=Cc1ccccc1)C(=O)OC(C)(C)C. The molecule has 2 aromatic rings. The summed E-state index contributed by atoms with van der Waals surface area (Å²) in [6.45, 7) is 9.36. The van der Waals surface area contributed by atoms with Crippen LogP contribution in [-0.4, -0.2) is 45.9 Å². The lowest BCUT2D eigenvalue weighted by Gasteiger charge is -2.30. The second-order valence-corrected chi connectivity index (χ2v) is 11.3. The summed E-state index contributed by atoms with van der Waals surface area (Å²) in [5.41, 5.74) is 3.63. The number of hydrazine groups is 1. The molecule has 3 rings (SSSR count). The maximum absolute atomic E-state index is 13.6. The number of imide groups is 1. The van der Waals surface area contributed by atoms with Crippen LogP contribution in [0, 0.1) is 17.8 Å². The fourth-order valence-electron chi connectivity index (χ4n) is 4.46. The molecule has 0 bridgehead atoms. The lowest BCUT2D eigenvalue weighted by molar-refractivity contribution is -0.164. The van der Waals surface area contributed by atoms with E-state index in [1.165, 1.54) is 4.90 Å². The first-order chi connectivity index (χ1) is 18.4. The predicted octanol–water partition coefficient (Wildman–Crippen LogP) is 5.21. The molecule has 8 heteroatoms. The van der Waals surface area contributed by atoms with Crippen LogP contribution in [0.3, 0.4) is 0 Å². The lowest BCUT2D eigenvalue weighted by atomic mass is 9.82. The van der Waals surface area contributed by atoms with Gasteiger partial charge in [0.25, 0.3) is 5.91 Å². The molecule has 0 spiro atoms. The highest BCUT2D eigenvalue weighted by atomic mass is 16.6. The van der Waals surface area contributed by atoms with Gasteiger partial charge in [-0.1, -0.05) is 86.7 Å². The topological polar surface area (TPSA) is 96.0 Å². The van der Waals surface area contributed by atoms with E-state index in [9.17, 15) is 19.2 Å². The molecule has 1 N–H and O–H groups in total. The molecule has 2 aromatic carbocycles. The van der Waals surface area contributed by atoms with E-state index in [0.717, 1.165) is 16.1 Å². The van der Waals surface area contributed by atoms with Crippen molar-refractivity contribution in [1.29, 1.82) is 0 Å². The molecule has 0 aliphatic carbocycles. The van der Waals surface area contributed by atoms with Crippen molar-refractivity contribution in [3.63, 3.8) is 0 Å². The lowest BCUT2D eigenvalue weighted by Crippen LogP contribution is -2.51. The van der Waals surface area contributed by atoms with E-state index >= 15 is 0 Å². The first kappa shape index (κ1) is 29.6. The molecule has 0 aromatic heterocycles. The average Bonchev–Trinajstić information content (AvgIpc) is 3.12. The normalized spacial score (nSPS) is 15.6. The van der Waals surface area contributed by atoms with Crippen LogP contribution in [0.25, 0.3) is 6.08 Å². The Bertz CT molecular complexity index is 1170. The molecule has 1 heterocycles. The highest BCUT2D eigenvalue weighted by Gasteiger charge is 2.41. The van der Waals surface area contributed by atoms with Crippen LogP contribution in [0.4, 0.5) is 4.79 Å². The summed E-state index contributed by atoms with van der Waals surface area (Å²) < 4.78 is 5.70. The number of carbonyl (C=O) groups excluding carboxylic acids is 4. The first-order valence-electron chi connectivity index (χ1n) is 13.4. The highest BCUT2D eigenvalue weighted by Crippen LogP contribution is 2.28. The second-order valence-electron chi connectivity index (χ2n) is 11.3. The van der Waals surface area contributed by atoms with Gasteiger partial charge < -0.3 is 9.64 Å². The minimum atomic E-state index is -0.816. The fraction of sp³-hybridized carbons (Fsp3) is 0.419. The van der Waals surface area contributed by atoms with Gasteiger partial charge in [0.05, 0.1) is 11.8 Å². The molecule has 8 nitrogen and oxygen atoms in total. The molecule has 1 aliphatic heterocycles. The van der Waals surface area contributed by atoms with E-state index < -0.39 is 41.3 Å². The number of ether oxygens (including phenoxy) is 1. The highest BCUT2D eigenvalue weighted by molar-refractivity contribution is 6.03. The van der Waals surface area contributed by atoms with E-state index in [0.29, 0.717) is 6.42 Å². The van der Waals surface area contributed by atoms with Gasteiger partial charge in [-0.3, -0.25) is 19.8 Å². The standard InChI is InChI=1S/C31H39N3O5/c1-22(2)19-26(25(29(37)39-31(3,4)5)18-12-17-23-13-8-6-9-14-23)28(36)32-34-27(35)21-33(30(34)38)20-24-15-10-7-11-16-24/h6-17,22,25-26H,18-21H2,1-5H3,(H,32,36)/t25-,26+/m0/s1. The average molecular weight is 534 g/mol. The Labute approximate surface area is 231 Å². The van der Waals surface area contributed by atoms with Gasteiger partial charge in [0.2, 0.25) is 5.91 Å². The molecule has 1 aliphatic rings. The summed E-state index contributed by atoms with van der Waals surface area (Å²) in [7, 11) is 0. The van der Waals surface area contributed by atoms with Crippen LogP contribution < -0.4 is 5.43 Å². The summed E-state index contributed by atoms with van der Waals surface area (Å²) >= 11 is 0. The zero-order valence-electron chi connectivity index (χ0n) is 23.4. The largest absolute Gasteiger partial charge is 0.460 e. The maximum Gasteiger partial charge on any atom is 0.346 e. The first-order valence-corrected chi connectivity index (χ1v) is 13.4. The number of urea groups is 1. The Balaban J connectivity index is 1.81. The number of hydrogen-bond donors (Lipinski definition) is 1. The zero-order valence-corrected chi connectivity index (χ0v) is 23.4. The van der Waals surface area contributed by atoms with Gasteiger partial charge in [0.1, 0.15) is 12.1 Å². The van der Waals surface area contributed by atoms with Gasteiger partial charge in [-0.05, 0) is 50.7 Å². The molecule has 0 radical (unpaired) electrons. The predicted molar refractivity (Wildman–Crippen MR) is 150 cm³/mol. The van der Waals surface area contributed by atoms with Crippen LogP contribution in [0.1, 0.15) is 58.6 Å². The van der Waals surface area contributed by atoms with Crippen LogP contribution in [0.5, 0.6) is 0 Å². The van der Waals surface area contributed by atoms with E-state index in [-0.39, 0.29) is 25.4 Å². The summed E-state index contributed by atoms with van der Waals surface area (Å²) in [4.78, 5) is 54.1. The van der Waals surface area contributed by atoms with Crippen molar-refractivity contribution in [2.75, 3.05) is 6.54 Å². The third-order valence-electron chi connectivity index (χ3n) is 6.23.